The number of nitrogens with one attached hydrogen (secondary N) is 1. The molecule has 16 heavy (non-hydrogen) atoms. The van der Waals surface area contributed by atoms with Crippen LogP contribution >= 0.6 is 0 Å². The zero-order chi connectivity index (χ0) is 13.6. The zero-order valence-corrected chi connectivity index (χ0v) is 11.0. The van der Waals surface area contributed by atoms with E-state index < -0.39 is 38.8 Å². The van der Waals surface area contributed by atoms with Crippen molar-refractivity contribution in [3.05, 3.63) is 0 Å². The van der Waals surface area contributed by atoms with Gasteiger partial charge in [-0.2, -0.15) is 0 Å². The third kappa shape index (κ3) is 1.94. The topological polar surface area (TPSA) is 143 Å². The van der Waals surface area contributed by atoms with Gasteiger partial charge in [0.1, 0.15) is 0 Å². The van der Waals surface area contributed by atoms with Crippen LogP contribution in [0.3, 0.4) is 0 Å². The van der Waals surface area contributed by atoms with Crippen LogP contribution in [0.1, 0.15) is 0 Å². The number of carbonyl (C=O) groups excluding carboxylic acids is 1. The molecule has 11 heteroatoms. The first-order valence-electron chi connectivity index (χ1n) is 3.54. The van der Waals surface area contributed by atoms with Crippen LogP contribution in [-0.4, -0.2) is 53.3 Å². The monoisotopic (exact) mass is 292 g/mol. The Morgan fingerprint density at radius 3 is 1.00 bits per heavy atom. The van der Waals surface area contributed by atoms with Crippen molar-refractivity contribution in [1.82, 2.24) is 5.73 Å². The number of sulfone groups is 3. The highest BCUT2D eigenvalue weighted by Gasteiger charge is 2.65. The first-order chi connectivity index (χ1) is 6.69. The average Bonchev–Trinajstić information content (AvgIpc) is 1.71. The van der Waals surface area contributed by atoms with Gasteiger partial charge in [0, 0.05) is 18.8 Å². The zero-order valence-electron chi connectivity index (χ0n) is 8.58. The summed E-state index contributed by atoms with van der Waals surface area (Å²) in [5.41, 5.74) is 6.67. The molecule has 1 N–H and O–H groups in total. The highest BCUT2D eigenvalue weighted by molar-refractivity contribution is 8.26. The van der Waals surface area contributed by atoms with Crippen LogP contribution < -0.4 is 5.73 Å². The van der Waals surface area contributed by atoms with Crippen LogP contribution in [0.5, 0.6) is 0 Å². The van der Waals surface area contributed by atoms with Crippen LogP contribution in [0.25, 0.3) is 0 Å². The molecule has 0 bridgehead atoms. The van der Waals surface area contributed by atoms with Gasteiger partial charge in [-0.3, -0.25) is 10.5 Å². The predicted molar refractivity (Wildman–Crippen MR) is 55.4 cm³/mol. The van der Waals surface area contributed by atoms with Gasteiger partial charge < -0.3 is 0 Å². The van der Waals surface area contributed by atoms with E-state index in [1.807, 2.05) is 0 Å². The molecule has 0 fully saturated rings. The van der Waals surface area contributed by atoms with Crippen molar-refractivity contribution < 1.29 is 30.0 Å². The highest BCUT2D eigenvalue weighted by atomic mass is 32.3. The number of rotatable bonds is 4. The molecule has 0 heterocycles. The summed E-state index contributed by atoms with van der Waals surface area (Å²) in [6.07, 6.45) is 0.838. The van der Waals surface area contributed by atoms with Crippen LogP contribution in [0, 0.1) is 0 Å². The van der Waals surface area contributed by atoms with Crippen LogP contribution in [-0.2, 0) is 34.3 Å². The first-order valence-corrected chi connectivity index (χ1v) is 9.22. The molecule has 0 aliphatic rings. The summed E-state index contributed by atoms with van der Waals surface area (Å²) >= 11 is 0. The summed E-state index contributed by atoms with van der Waals surface area (Å²) in [5, 5.41) is 0. The molecule has 0 aromatic carbocycles. The summed E-state index contributed by atoms with van der Waals surface area (Å²) in [4.78, 5) is 10.9. The van der Waals surface area contributed by atoms with E-state index in [9.17, 15) is 30.0 Å². The van der Waals surface area contributed by atoms with Gasteiger partial charge >= 0.3 is 3.41 Å². The smallest absolute Gasteiger partial charge is 0.269 e. The van der Waals surface area contributed by atoms with Crippen molar-refractivity contribution in [1.29, 1.82) is 0 Å². The maximum atomic E-state index is 11.3. The number of hydrogen-bond acceptors (Lipinski definition) is 7. The Morgan fingerprint density at radius 1 is 0.812 bits per heavy atom. The van der Waals surface area contributed by atoms with E-state index in [4.69, 9.17) is 5.73 Å². The predicted octanol–water partition coefficient (Wildman–Crippen LogP) is -2.42. The quantitative estimate of drug-likeness (QED) is 0.561. The molecular weight excluding hydrogens is 282 g/mol. The van der Waals surface area contributed by atoms with Crippen LogP contribution in [0.4, 0.5) is 0 Å². The second kappa shape index (κ2) is 3.67. The average molecular weight is 292 g/mol. The lowest BCUT2D eigenvalue weighted by molar-refractivity contribution is -0.117. The van der Waals surface area contributed by atoms with E-state index in [1.165, 1.54) is 0 Å². The van der Waals surface area contributed by atoms with E-state index in [2.05, 4.69) is 0 Å². The lowest BCUT2D eigenvalue weighted by atomic mass is 10.7. The Kier molecular flexibility index (Phi) is 3.51. The molecule has 0 spiro atoms. The SMILES string of the molecule is CS(=O)(=O)C(C([NH])=O)(S(C)(=O)=O)S(C)(=O)=O. The van der Waals surface area contributed by atoms with E-state index in [0.29, 0.717) is 0 Å². The summed E-state index contributed by atoms with van der Waals surface area (Å²) in [6.45, 7) is 0. The molecule has 0 aromatic heterocycles. The van der Waals surface area contributed by atoms with Crippen molar-refractivity contribution >= 4 is 35.4 Å². The van der Waals surface area contributed by atoms with E-state index in [1.54, 1.807) is 0 Å². The third-order valence-corrected chi connectivity index (χ3v) is 10.7. The number of amides is 1. The Bertz CT molecular complexity index is 530. The fourth-order valence-corrected chi connectivity index (χ4v) is 8.94. The maximum Gasteiger partial charge on any atom is 0.349 e. The molecule has 0 saturated heterocycles. The molecule has 0 aliphatic carbocycles. The lowest BCUT2D eigenvalue weighted by Crippen LogP contribution is -2.58. The van der Waals surface area contributed by atoms with Crippen LogP contribution in [0.2, 0.25) is 0 Å². The van der Waals surface area contributed by atoms with Gasteiger partial charge in [-0.25, -0.2) is 25.3 Å². The van der Waals surface area contributed by atoms with Gasteiger partial charge in [-0.1, -0.05) is 0 Å². The molecule has 0 rings (SSSR count). The molecule has 1 amide bonds. The second-order valence-corrected chi connectivity index (χ2v) is 10.4. The molecule has 0 atom stereocenters. The van der Waals surface area contributed by atoms with Crippen molar-refractivity contribution in [2.45, 2.75) is 3.41 Å². The molecule has 0 unspecified atom stereocenters. The van der Waals surface area contributed by atoms with Gasteiger partial charge in [-0.15, -0.1) is 0 Å². The third-order valence-electron chi connectivity index (χ3n) is 1.74. The first kappa shape index (κ1) is 15.3. The number of hydrogen-bond donors (Lipinski definition) is 0. The Hall–Kier alpha value is -0.680. The molecule has 1 radical (unpaired) electrons. The van der Waals surface area contributed by atoms with Crippen molar-refractivity contribution in [2.24, 2.45) is 0 Å². The van der Waals surface area contributed by atoms with Crippen molar-refractivity contribution in [3.63, 3.8) is 0 Å². The summed E-state index contributed by atoms with van der Waals surface area (Å²) in [7, 11) is -14.6. The molecular formula is C5H10NO7S3. The molecule has 8 nitrogen and oxygen atoms in total. The normalized spacial score (nSPS) is 14.7. The van der Waals surface area contributed by atoms with Crippen molar-refractivity contribution in [3.8, 4) is 0 Å². The summed E-state index contributed by atoms with van der Waals surface area (Å²) < 4.78 is 64.0. The minimum absolute atomic E-state index is 0.279. The fourth-order valence-electron chi connectivity index (χ4n) is 1.33. The summed E-state index contributed by atoms with van der Waals surface area (Å²) in [6, 6.07) is 0. The Balaban J connectivity index is 6.96. The summed E-state index contributed by atoms with van der Waals surface area (Å²) in [5.74, 6) is -2.21. The molecule has 0 aliphatic heterocycles. The molecule has 95 valence electrons. The standard InChI is InChI=1S/C5H10NO7S3/c1-14(8,9)5(4(6)7,15(2,10)11)16(3,12)13/h6H,1-3H3. The Morgan fingerprint density at radius 2 is 1.00 bits per heavy atom. The lowest BCUT2D eigenvalue weighted by Gasteiger charge is -2.23. The van der Waals surface area contributed by atoms with Gasteiger partial charge in [0.25, 0.3) is 5.91 Å². The minimum atomic E-state index is -4.85. The number of carbonyl (C=O) groups is 1. The van der Waals surface area contributed by atoms with E-state index >= 15 is 0 Å². The van der Waals surface area contributed by atoms with Crippen LogP contribution in [0.15, 0.2) is 0 Å². The van der Waals surface area contributed by atoms with Gasteiger partial charge in [0.15, 0.2) is 29.5 Å². The van der Waals surface area contributed by atoms with Gasteiger partial charge in [0.05, 0.1) is 0 Å². The van der Waals surface area contributed by atoms with Gasteiger partial charge in [0.2, 0.25) is 0 Å². The molecule has 0 aromatic rings. The van der Waals surface area contributed by atoms with Gasteiger partial charge in [-0.05, 0) is 0 Å². The van der Waals surface area contributed by atoms with Crippen molar-refractivity contribution in [2.75, 3.05) is 18.8 Å². The fraction of sp³-hybridized carbons (Fsp3) is 0.800. The maximum absolute atomic E-state index is 11.3. The van der Waals surface area contributed by atoms with E-state index in [0.717, 1.165) is 0 Å². The largest absolute Gasteiger partial charge is 0.349 e. The Labute approximate surface area is 93.6 Å². The molecule has 0 saturated carbocycles. The highest BCUT2D eigenvalue weighted by Crippen LogP contribution is 2.29. The minimum Gasteiger partial charge on any atom is -0.269 e. The second-order valence-electron chi connectivity index (χ2n) is 3.20. The van der Waals surface area contributed by atoms with E-state index in [-0.39, 0.29) is 18.8 Å².